The minimum Gasteiger partial charge on any atom is -0.481 e. The van der Waals surface area contributed by atoms with Gasteiger partial charge < -0.3 is 15.0 Å². The van der Waals surface area contributed by atoms with Crippen LogP contribution in [0.4, 0.5) is 11.4 Å². The fourth-order valence-electron chi connectivity index (χ4n) is 2.44. The highest BCUT2D eigenvalue weighted by Crippen LogP contribution is 2.34. The Morgan fingerprint density at radius 1 is 1.33 bits per heavy atom. The minimum atomic E-state index is -0.271. The number of halogens is 1. The lowest BCUT2D eigenvalue weighted by Crippen LogP contribution is -2.38. The maximum atomic E-state index is 12.3. The van der Waals surface area contributed by atoms with E-state index in [0.29, 0.717) is 34.3 Å². The molecule has 0 saturated heterocycles. The Kier molecular flexibility index (Phi) is 4.53. The molecule has 0 unspecified atom stereocenters. The summed E-state index contributed by atoms with van der Waals surface area (Å²) in [5, 5.41) is 3.29. The molecule has 0 spiro atoms. The SMILES string of the molecule is C=CCN1C(=O)COc2cc(NC(=O)c3cccc(Cl)c3)ccc21. The van der Waals surface area contributed by atoms with E-state index >= 15 is 0 Å². The van der Waals surface area contributed by atoms with Crippen molar-refractivity contribution < 1.29 is 14.3 Å². The van der Waals surface area contributed by atoms with Crippen molar-refractivity contribution in [2.45, 2.75) is 0 Å². The van der Waals surface area contributed by atoms with Crippen molar-refractivity contribution in [3.05, 3.63) is 65.7 Å². The topological polar surface area (TPSA) is 58.6 Å². The maximum absolute atomic E-state index is 12.3. The van der Waals surface area contributed by atoms with Crippen LogP contribution < -0.4 is 15.0 Å². The van der Waals surface area contributed by atoms with Gasteiger partial charge in [0, 0.05) is 28.9 Å². The van der Waals surface area contributed by atoms with E-state index in [1.54, 1.807) is 53.4 Å². The fourth-order valence-corrected chi connectivity index (χ4v) is 2.63. The summed E-state index contributed by atoms with van der Waals surface area (Å²) in [5.74, 6) is 0.144. The van der Waals surface area contributed by atoms with Gasteiger partial charge in [0.05, 0.1) is 5.69 Å². The van der Waals surface area contributed by atoms with Crippen molar-refractivity contribution in [2.24, 2.45) is 0 Å². The maximum Gasteiger partial charge on any atom is 0.265 e. The molecule has 0 radical (unpaired) electrons. The van der Waals surface area contributed by atoms with Crippen molar-refractivity contribution in [2.75, 3.05) is 23.4 Å². The van der Waals surface area contributed by atoms with E-state index in [1.165, 1.54) is 0 Å². The fraction of sp³-hybridized carbons (Fsp3) is 0.111. The van der Waals surface area contributed by atoms with Crippen LogP contribution in [0.3, 0.4) is 0 Å². The third-order valence-electron chi connectivity index (χ3n) is 3.56. The molecule has 3 rings (SSSR count). The molecule has 1 N–H and O–H groups in total. The molecule has 1 heterocycles. The van der Waals surface area contributed by atoms with E-state index in [-0.39, 0.29) is 18.4 Å². The normalized spacial score (nSPS) is 13.0. The lowest BCUT2D eigenvalue weighted by atomic mass is 10.2. The van der Waals surface area contributed by atoms with Gasteiger partial charge in [-0.05, 0) is 30.3 Å². The number of nitrogens with zero attached hydrogens (tertiary/aromatic N) is 1. The summed E-state index contributed by atoms with van der Waals surface area (Å²) in [6, 6.07) is 11.8. The number of rotatable bonds is 4. The van der Waals surface area contributed by atoms with E-state index in [0.717, 1.165) is 0 Å². The second-order valence-electron chi connectivity index (χ2n) is 5.23. The first-order chi connectivity index (χ1) is 11.6. The predicted molar refractivity (Wildman–Crippen MR) is 93.9 cm³/mol. The Labute approximate surface area is 144 Å². The first kappa shape index (κ1) is 16.1. The number of fused-ring (bicyclic) bond motifs is 1. The van der Waals surface area contributed by atoms with Crippen molar-refractivity contribution in [1.82, 2.24) is 0 Å². The summed E-state index contributed by atoms with van der Waals surface area (Å²) < 4.78 is 5.46. The highest BCUT2D eigenvalue weighted by atomic mass is 35.5. The average molecular weight is 343 g/mol. The first-order valence-corrected chi connectivity index (χ1v) is 7.71. The van der Waals surface area contributed by atoms with Gasteiger partial charge in [-0.15, -0.1) is 6.58 Å². The highest BCUT2D eigenvalue weighted by molar-refractivity contribution is 6.31. The number of benzene rings is 2. The smallest absolute Gasteiger partial charge is 0.265 e. The lowest BCUT2D eigenvalue weighted by molar-refractivity contribution is -0.121. The van der Waals surface area contributed by atoms with Gasteiger partial charge in [-0.3, -0.25) is 9.59 Å². The minimum absolute atomic E-state index is 0.0352. The molecule has 1 aliphatic heterocycles. The Morgan fingerprint density at radius 2 is 2.17 bits per heavy atom. The molecule has 0 aromatic heterocycles. The molecule has 0 atom stereocenters. The number of hydrogen-bond donors (Lipinski definition) is 1. The molecule has 24 heavy (non-hydrogen) atoms. The lowest BCUT2D eigenvalue weighted by Gasteiger charge is -2.28. The van der Waals surface area contributed by atoms with Gasteiger partial charge in [0.25, 0.3) is 11.8 Å². The number of carbonyl (C=O) groups is 2. The van der Waals surface area contributed by atoms with E-state index in [9.17, 15) is 9.59 Å². The quantitative estimate of drug-likeness (QED) is 0.865. The molecule has 2 amide bonds. The molecule has 5 nitrogen and oxygen atoms in total. The Hall–Kier alpha value is -2.79. The van der Waals surface area contributed by atoms with Gasteiger partial charge in [-0.1, -0.05) is 23.7 Å². The third-order valence-corrected chi connectivity index (χ3v) is 3.79. The third kappa shape index (κ3) is 3.26. The summed E-state index contributed by atoms with van der Waals surface area (Å²) in [6.45, 7) is 4.03. The van der Waals surface area contributed by atoms with Crippen LogP contribution in [0, 0.1) is 0 Å². The summed E-state index contributed by atoms with van der Waals surface area (Å²) in [7, 11) is 0. The Bertz CT molecular complexity index is 820. The standard InChI is InChI=1S/C18H15ClN2O3/c1-2-8-21-15-7-6-14(10-16(15)24-11-17(21)22)20-18(23)12-4-3-5-13(19)9-12/h2-7,9-10H,1,8,11H2,(H,20,23). The zero-order valence-corrected chi connectivity index (χ0v) is 13.5. The molecule has 6 heteroatoms. The van der Waals surface area contributed by atoms with Crippen molar-refractivity contribution in [3.63, 3.8) is 0 Å². The van der Waals surface area contributed by atoms with Crippen LogP contribution in [0.15, 0.2) is 55.1 Å². The van der Waals surface area contributed by atoms with E-state index in [4.69, 9.17) is 16.3 Å². The summed E-state index contributed by atoms with van der Waals surface area (Å²) in [4.78, 5) is 25.8. The predicted octanol–water partition coefficient (Wildman–Crippen LogP) is 3.50. The summed E-state index contributed by atoms with van der Waals surface area (Å²) in [5.41, 5.74) is 1.70. The van der Waals surface area contributed by atoms with Crippen LogP contribution in [0.1, 0.15) is 10.4 Å². The molecule has 0 bridgehead atoms. The second kappa shape index (κ2) is 6.76. The molecule has 1 aliphatic rings. The van der Waals surface area contributed by atoms with Gasteiger partial charge in [-0.25, -0.2) is 0 Å². The molecule has 0 aliphatic carbocycles. The zero-order valence-electron chi connectivity index (χ0n) is 12.8. The number of carbonyl (C=O) groups excluding carboxylic acids is 2. The van der Waals surface area contributed by atoms with Crippen LogP contribution in [0.5, 0.6) is 5.75 Å². The van der Waals surface area contributed by atoms with Crippen molar-refractivity contribution >= 4 is 34.8 Å². The molecule has 0 saturated carbocycles. The zero-order chi connectivity index (χ0) is 17.1. The van der Waals surface area contributed by atoms with E-state index < -0.39 is 0 Å². The Morgan fingerprint density at radius 3 is 2.92 bits per heavy atom. The monoisotopic (exact) mass is 342 g/mol. The molecule has 122 valence electrons. The van der Waals surface area contributed by atoms with Gasteiger partial charge >= 0.3 is 0 Å². The van der Waals surface area contributed by atoms with Crippen molar-refractivity contribution in [1.29, 1.82) is 0 Å². The Balaban J connectivity index is 1.83. The summed E-state index contributed by atoms with van der Waals surface area (Å²) in [6.07, 6.45) is 1.65. The van der Waals surface area contributed by atoms with Gasteiger partial charge in [0.15, 0.2) is 6.61 Å². The van der Waals surface area contributed by atoms with Crippen LogP contribution in [0.25, 0.3) is 0 Å². The van der Waals surface area contributed by atoms with Gasteiger partial charge in [-0.2, -0.15) is 0 Å². The van der Waals surface area contributed by atoms with E-state index in [2.05, 4.69) is 11.9 Å². The number of ether oxygens (including phenoxy) is 1. The highest BCUT2D eigenvalue weighted by Gasteiger charge is 2.24. The van der Waals surface area contributed by atoms with Gasteiger partial charge in [0.2, 0.25) is 0 Å². The molecule has 2 aromatic rings. The van der Waals surface area contributed by atoms with Crippen molar-refractivity contribution in [3.8, 4) is 5.75 Å². The van der Waals surface area contributed by atoms with Crippen LogP contribution >= 0.6 is 11.6 Å². The van der Waals surface area contributed by atoms with Crippen LogP contribution in [-0.4, -0.2) is 25.0 Å². The van der Waals surface area contributed by atoms with Crippen LogP contribution in [-0.2, 0) is 4.79 Å². The van der Waals surface area contributed by atoms with Crippen LogP contribution in [0.2, 0.25) is 5.02 Å². The number of amides is 2. The molecular weight excluding hydrogens is 328 g/mol. The largest absolute Gasteiger partial charge is 0.481 e. The molecular formula is C18H15ClN2O3. The molecule has 0 fully saturated rings. The van der Waals surface area contributed by atoms with E-state index in [1.807, 2.05) is 0 Å². The van der Waals surface area contributed by atoms with Gasteiger partial charge in [0.1, 0.15) is 5.75 Å². The number of anilines is 2. The number of hydrogen-bond acceptors (Lipinski definition) is 3. The number of nitrogens with one attached hydrogen (secondary N) is 1. The second-order valence-corrected chi connectivity index (χ2v) is 5.67. The summed E-state index contributed by atoms with van der Waals surface area (Å²) >= 11 is 5.90. The average Bonchev–Trinajstić information content (AvgIpc) is 2.57. The first-order valence-electron chi connectivity index (χ1n) is 7.33. The molecule has 2 aromatic carbocycles.